The average molecular weight is 556 g/mol. The number of nitrogens with two attached hydrogens (primary N) is 1. The Kier molecular flexibility index (Phi) is 14.6. The Labute approximate surface area is 230 Å². The van der Waals surface area contributed by atoms with Gasteiger partial charge in [-0.15, -0.1) is 0 Å². The van der Waals surface area contributed by atoms with Crippen LogP contribution in [0, 0.1) is 11.3 Å². The first kappa shape index (κ1) is 34.0. The van der Waals surface area contributed by atoms with Crippen LogP contribution in [0.5, 0.6) is 0 Å². The summed E-state index contributed by atoms with van der Waals surface area (Å²) in [6.45, 7) is 10.2. The molecule has 0 radical (unpaired) electrons. The standard InChI is InChI=1S/C26H45N5O8/c1-17(2)22(24(36)29-18(23(35)26(3,4)5)7-6-11-28-25(27)37)30-19(32)10-13-38-15-16-39-14-12-31-20(33)8-9-21(31)34/h17-18,22H,6-16H2,1-5H3,(H,29,36)(H,30,32)(H3,27,28,37)/t18-,22?/m0/s1. The molecule has 1 rings (SSSR count). The van der Waals surface area contributed by atoms with Crippen LogP contribution in [0.2, 0.25) is 0 Å². The molecule has 0 aromatic rings. The number of amides is 6. The van der Waals surface area contributed by atoms with Crippen LogP contribution < -0.4 is 21.7 Å². The molecule has 6 amide bonds. The number of likely N-dealkylation sites (tertiary alicyclic amines) is 1. The predicted molar refractivity (Wildman–Crippen MR) is 142 cm³/mol. The summed E-state index contributed by atoms with van der Waals surface area (Å²) < 4.78 is 10.8. The molecular weight excluding hydrogens is 510 g/mol. The fourth-order valence-corrected chi connectivity index (χ4v) is 3.87. The highest BCUT2D eigenvalue weighted by Gasteiger charge is 2.33. The highest BCUT2D eigenvalue weighted by molar-refractivity contribution is 6.01. The van der Waals surface area contributed by atoms with Crippen molar-refractivity contribution in [2.45, 2.75) is 78.8 Å². The zero-order valence-electron chi connectivity index (χ0n) is 23.8. The van der Waals surface area contributed by atoms with E-state index in [4.69, 9.17) is 15.2 Å². The zero-order chi connectivity index (χ0) is 29.6. The molecule has 39 heavy (non-hydrogen) atoms. The summed E-state index contributed by atoms with van der Waals surface area (Å²) in [7, 11) is 0. The van der Waals surface area contributed by atoms with Crippen LogP contribution in [-0.4, -0.2) is 91.9 Å². The van der Waals surface area contributed by atoms with E-state index in [0.29, 0.717) is 12.8 Å². The van der Waals surface area contributed by atoms with E-state index >= 15 is 0 Å². The number of hydrogen-bond acceptors (Lipinski definition) is 8. The molecule has 222 valence electrons. The van der Waals surface area contributed by atoms with Crippen molar-refractivity contribution >= 4 is 35.4 Å². The van der Waals surface area contributed by atoms with E-state index in [-0.39, 0.29) is 88.2 Å². The van der Waals surface area contributed by atoms with Gasteiger partial charge < -0.3 is 31.2 Å². The summed E-state index contributed by atoms with van der Waals surface area (Å²) in [6.07, 6.45) is 1.26. The van der Waals surface area contributed by atoms with Gasteiger partial charge in [-0.3, -0.25) is 28.9 Å². The molecule has 0 bridgehead atoms. The second-order valence-corrected chi connectivity index (χ2v) is 10.8. The molecule has 0 aromatic carbocycles. The van der Waals surface area contributed by atoms with Gasteiger partial charge in [-0.05, 0) is 18.8 Å². The third-order valence-corrected chi connectivity index (χ3v) is 6.07. The Balaban J connectivity index is 2.44. The molecule has 1 aliphatic rings. The van der Waals surface area contributed by atoms with Crippen molar-refractivity contribution in [3.63, 3.8) is 0 Å². The number of carbonyl (C=O) groups excluding carboxylic acids is 6. The van der Waals surface area contributed by atoms with Crippen molar-refractivity contribution in [1.29, 1.82) is 0 Å². The maximum atomic E-state index is 13.1. The number of Topliss-reactive ketones (excluding diaryl/α,β-unsaturated/α-hetero) is 1. The number of nitrogens with zero attached hydrogens (tertiary/aromatic N) is 1. The summed E-state index contributed by atoms with van der Waals surface area (Å²) in [5.74, 6) is -1.60. The molecular formula is C26H45N5O8. The van der Waals surface area contributed by atoms with Crippen LogP contribution in [0.15, 0.2) is 0 Å². The number of primary amides is 1. The first-order valence-electron chi connectivity index (χ1n) is 13.4. The predicted octanol–water partition coefficient (Wildman–Crippen LogP) is 0.248. The molecule has 13 heteroatoms. The molecule has 0 aromatic heterocycles. The van der Waals surface area contributed by atoms with Crippen LogP contribution in [0.25, 0.3) is 0 Å². The highest BCUT2D eigenvalue weighted by atomic mass is 16.5. The van der Waals surface area contributed by atoms with E-state index in [9.17, 15) is 28.8 Å². The van der Waals surface area contributed by atoms with Crippen molar-refractivity contribution in [2.24, 2.45) is 17.1 Å². The van der Waals surface area contributed by atoms with Crippen molar-refractivity contribution in [3.05, 3.63) is 0 Å². The van der Waals surface area contributed by atoms with Crippen LogP contribution in [-0.2, 0) is 33.4 Å². The molecule has 1 saturated heterocycles. The minimum Gasteiger partial charge on any atom is -0.379 e. The van der Waals surface area contributed by atoms with E-state index in [2.05, 4.69) is 16.0 Å². The summed E-state index contributed by atoms with van der Waals surface area (Å²) in [5, 5.41) is 7.96. The third kappa shape index (κ3) is 13.0. The van der Waals surface area contributed by atoms with Crippen molar-refractivity contribution < 1.29 is 38.2 Å². The van der Waals surface area contributed by atoms with Gasteiger partial charge in [0.25, 0.3) is 0 Å². The Hall–Kier alpha value is -3.06. The lowest BCUT2D eigenvalue weighted by atomic mass is 9.84. The minimum absolute atomic E-state index is 0.0242. The van der Waals surface area contributed by atoms with Crippen LogP contribution in [0.1, 0.15) is 66.7 Å². The fourth-order valence-electron chi connectivity index (χ4n) is 3.87. The van der Waals surface area contributed by atoms with Crippen LogP contribution >= 0.6 is 0 Å². The first-order valence-corrected chi connectivity index (χ1v) is 13.4. The molecule has 0 saturated carbocycles. The van der Waals surface area contributed by atoms with Gasteiger partial charge in [0.1, 0.15) is 6.04 Å². The normalized spacial score (nSPS) is 15.3. The number of urea groups is 1. The molecule has 1 unspecified atom stereocenters. The maximum Gasteiger partial charge on any atom is 0.312 e. The van der Waals surface area contributed by atoms with Crippen LogP contribution in [0.3, 0.4) is 0 Å². The van der Waals surface area contributed by atoms with Gasteiger partial charge in [0.2, 0.25) is 23.6 Å². The SMILES string of the molecule is CC(C)C(NC(=O)CCOCCOCCN1C(=O)CCC1=O)C(=O)N[C@@H](CCCNC(N)=O)C(=O)C(C)(C)C. The van der Waals surface area contributed by atoms with Crippen molar-refractivity contribution in [3.8, 4) is 0 Å². The molecule has 13 nitrogen and oxygen atoms in total. The molecule has 0 aliphatic carbocycles. The van der Waals surface area contributed by atoms with Gasteiger partial charge >= 0.3 is 6.03 Å². The second kappa shape index (κ2) is 16.8. The largest absolute Gasteiger partial charge is 0.379 e. The highest BCUT2D eigenvalue weighted by Crippen LogP contribution is 2.19. The van der Waals surface area contributed by atoms with Gasteiger partial charge in [0, 0.05) is 31.2 Å². The van der Waals surface area contributed by atoms with E-state index in [1.54, 1.807) is 34.6 Å². The van der Waals surface area contributed by atoms with Crippen molar-refractivity contribution in [1.82, 2.24) is 20.9 Å². The minimum atomic E-state index is -0.851. The number of imide groups is 1. The third-order valence-electron chi connectivity index (χ3n) is 6.07. The van der Waals surface area contributed by atoms with Crippen molar-refractivity contribution in [2.75, 3.05) is 39.5 Å². The number of ether oxygens (including phenoxy) is 2. The Morgan fingerprint density at radius 2 is 1.54 bits per heavy atom. The number of carbonyl (C=O) groups is 6. The first-order chi connectivity index (χ1) is 18.2. The van der Waals surface area contributed by atoms with Gasteiger partial charge in [-0.1, -0.05) is 34.6 Å². The quantitative estimate of drug-likeness (QED) is 0.137. The van der Waals surface area contributed by atoms with Crippen LogP contribution in [0.4, 0.5) is 4.79 Å². The smallest absolute Gasteiger partial charge is 0.312 e. The Morgan fingerprint density at radius 3 is 2.08 bits per heavy atom. The molecule has 1 heterocycles. The van der Waals surface area contributed by atoms with E-state index in [1.807, 2.05) is 0 Å². The summed E-state index contributed by atoms with van der Waals surface area (Å²) >= 11 is 0. The Morgan fingerprint density at radius 1 is 0.949 bits per heavy atom. The van der Waals surface area contributed by atoms with Gasteiger partial charge in [-0.25, -0.2) is 4.79 Å². The maximum absolute atomic E-state index is 13.1. The summed E-state index contributed by atoms with van der Waals surface area (Å²) in [4.78, 5) is 73.6. The topological polar surface area (TPSA) is 186 Å². The van der Waals surface area contributed by atoms with Gasteiger partial charge in [-0.2, -0.15) is 0 Å². The summed E-state index contributed by atoms with van der Waals surface area (Å²) in [6, 6.07) is -2.30. The molecule has 1 aliphatic heterocycles. The van der Waals surface area contributed by atoms with Gasteiger partial charge in [0.05, 0.1) is 39.0 Å². The lowest BCUT2D eigenvalue weighted by Gasteiger charge is -2.28. The number of hydrogen-bond donors (Lipinski definition) is 4. The number of ketones is 1. The lowest BCUT2D eigenvalue weighted by molar-refractivity contribution is -0.139. The molecule has 1 fully saturated rings. The van der Waals surface area contributed by atoms with E-state index in [0.717, 1.165) is 0 Å². The molecule has 2 atom stereocenters. The van der Waals surface area contributed by atoms with Gasteiger partial charge in [0.15, 0.2) is 5.78 Å². The lowest BCUT2D eigenvalue weighted by Crippen LogP contribution is -2.55. The zero-order valence-corrected chi connectivity index (χ0v) is 23.8. The van der Waals surface area contributed by atoms with E-state index in [1.165, 1.54) is 4.90 Å². The molecule has 0 spiro atoms. The number of nitrogens with one attached hydrogen (secondary N) is 3. The average Bonchev–Trinajstić information content (AvgIpc) is 3.16. The number of rotatable bonds is 18. The second-order valence-electron chi connectivity index (χ2n) is 10.8. The summed E-state index contributed by atoms with van der Waals surface area (Å²) in [5.41, 5.74) is 4.38. The van der Waals surface area contributed by atoms with E-state index < -0.39 is 29.4 Å². The fraction of sp³-hybridized carbons (Fsp3) is 0.769. The molecule has 5 N–H and O–H groups in total. The monoisotopic (exact) mass is 555 g/mol. The Bertz CT molecular complexity index is 855.